The van der Waals surface area contributed by atoms with Crippen molar-refractivity contribution in [3.8, 4) is 39.3 Å². The Kier molecular flexibility index (Phi) is 6.96. The first kappa shape index (κ1) is 22.4. The van der Waals surface area contributed by atoms with Gasteiger partial charge in [0.05, 0.1) is 31.8 Å². The van der Waals surface area contributed by atoms with Gasteiger partial charge >= 0.3 is 5.97 Å². The average molecular weight is 467 g/mol. The summed E-state index contributed by atoms with van der Waals surface area (Å²) in [4.78, 5) is 27.5. The van der Waals surface area contributed by atoms with Crippen molar-refractivity contribution in [1.82, 2.24) is 19.9 Å². The van der Waals surface area contributed by atoms with Crippen LogP contribution in [0.2, 0.25) is 0 Å². The normalized spacial score (nSPS) is 11.7. The topological polar surface area (TPSA) is 108 Å². The van der Waals surface area contributed by atoms with Crippen LogP contribution in [0, 0.1) is 0 Å². The predicted octanol–water partition coefficient (Wildman–Crippen LogP) is 4.59. The monoisotopic (exact) mass is 466 g/mol. The lowest BCUT2D eigenvalue weighted by molar-refractivity contribution is 0.0593. The van der Waals surface area contributed by atoms with Crippen molar-refractivity contribution in [3.63, 3.8) is 0 Å². The fourth-order valence-electron chi connectivity index (χ4n) is 3.10. The van der Waals surface area contributed by atoms with E-state index in [0.29, 0.717) is 18.1 Å². The van der Waals surface area contributed by atoms with Gasteiger partial charge in [0.2, 0.25) is 5.88 Å². The number of aromatic nitrogens is 4. The highest BCUT2D eigenvalue weighted by atomic mass is 32.1. The van der Waals surface area contributed by atoms with Crippen LogP contribution in [0.4, 0.5) is 0 Å². The maximum atomic E-state index is 11.6. The number of thiazole rings is 1. The first-order chi connectivity index (χ1) is 16.1. The van der Waals surface area contributed by atoms with E-state index in [1.54, 1.807) is 30.7 Å². The van der Waals surface area contributed by atoms with Crippen molar-refractivity contribution in [2.24, 2.45) is 0 Å². The summed E-state index contributed by atoms with van der Waals surface area (Å²) in [5.41, 5.74) is 2.75. The van der Waals surface area contributed by atoms with E-state index >= 15 is 0 Å². The summed E-state index contributed by atoms with van der Waals surface area (Å²) in [7, 11) is 2.91. The zero-order valence-corrected chi connectivity index (χ0v) is 19.1. The molecule has 0 bridgehead atoms. The molecule has 0 aliphatic heterocycles. The average Bonchev–Trinajstić information content (AvgIpc) is 3.51. The van der Waals surface area contributed by atoms with E-state index in [1.807, 2.05) is 36.6 Å². The second-order valence-electron chi connectivity index (χ2n) is 7.03. The van der Waals surface area contributed by atoms with Crippen LogP contribution >= 0.6 is 11.3 Å². The molecule has 1 unspecified atom stereocenters. The van der Waals surface area contributed by atoms with Crippen molar-refractivity contribution in [2.45, 2.75) is 13.0 Å². The molecule has 1 aromatic carbocycles. The standard InChI is InChI=1S/C23H22N4O5S/c1-14(13-29-2)31-16-8-15(18-4-5-19(27-18)22-24-6-7-33-22)9-17(10-16)32-21-12-25-20(11-26-21)23(28)30-3/h4-12,14,27H,13H2,1-3H3. The van der Waals surface area contributed by atoms with Crippen LogP contribution in [0.5, 0.6) is 17.4 Å². The number of ether oxygens (including phenoxy) is 4. The molecular formula is C23H22N4O5S. The molecule has 3 aromatic heterocycles. The van der Waals surface area contributed by atoms with Crippen LogP contribution in [0.3, 0.4) is 0 Å². The van der Waals surface area contributed by atoms with Gasteiger partial charge in [-0.2, -0.15) is 0 Å². The van der Waals surface area contributed by atoms with E-state index in [2.05, 4.69) is 24.7 Å². The fraction of sp³-hybridized carbons (Fsp3) is 0.217. The number of nitrogens with one attached hydrogen (secondary N) is 1. The Bertz CT molecular complexity index is 1210. The first-order valence-electron chi connectivity index (χ1n) is 10.0. The number of aromatic amines is 1. The molecule has 3 heterocycles. The molecule has 0 saturated heterocycles. The fourth-order valence-corrected chi connectivity index (χ4v) is 3.72. The van der Waals surface area contributed by atoms with Gasteiger partial charge in [-0.15, -0.1) is 11.3 Å². The van der Waals surface area contributed by atoms with Crippen molar-refractivity contribution in [2.75, 3.05) is 20.8 Å². The molecule has 170 valence electrons. The van der Waals surface area contributed by atoms with Gasteiger partial charge in [-0.3, -0.25) is 0 Å². The number of methoxy groups -OCH3 is 2. The number of hydrogen-bond donors (Lipinski definition) is 1. The Balaban J connectivity index is 1.64. The maximum absolute atomic E-state index is 11.6. The van der Waals surface area contributed by atoms with E-state index in [4.69, 9.17) is 14.2 Å². The van der Waals surface area contributed by atoms with Gasteiger partial charge in [-0.05, 0) is 31.2 Å². The quantitative estimate of drug-likeness (QED) is 0.357. The molecule has 0 spiro atoms. The maximum Gasteiger partial charge on any atom is 0.358 e. The van der Waals surface area contributed by atoms with E-state index in [9.17, 15) is 4.79 Å². The predicted molar refractivity (Wildman–Crippen MR) is 123 cm³/mol. The second-order valence-corrected chi connectivity index (χ2v) is 7.93. The number of rotatable bonds is 9. The van der Waals surface area contributed by atoms with Crippen LogP contribution in [0.15, 0.2) is 54.3 Å². The Labute approximate surface area is 194 Å². The van der Waals surface area contributed by atoms with Crippen LogP contribution in [0.25, 0.3) is 22.0 Å². The minimum atomic E-state index is -0.568. The Morgan fingerprint density at radius 3 is 2.58 bits per heavy atom. The minimum absolute atomic E-state index is 0.0946. The number of hydrogen-bond acceptors (Lipinski definition) is 9. The van der Waals surface area contributed by atoms with Crippen molar-refractivity contribution < 1.29 is 23.7 Å². The van der Waals surface area contributed by atoms with Crippen LogP contribution < -0.4 is 9.47 Å². The minimum Gasteiger partial charge on any atom is -0.488 e. The van der Waals surface area contributed by atoms with Gasteiger partial charge < -0.3 is 23.9 Å². The molecule has 0 fully saturated rings. The van der Waals surface area contributed by atoms with Gasteiger partial charge in [-0.1, -0.05) is 0 Å². The molecule has 4 aromatic rings. The smallest absolute Gasteiger partial charge is 0.358 e. The second kappa shape index (κ2) is 10.2. The molecule has 1 atom stereocenters. The van der Waals surface area contributed by atoms with Gasteiger partial charge in [0.25, 0.3) is 0 Å². The van der Waals surface area contributed by atoms with Crippen LogP contribution in [0.1, 0.15) is 17.4 Å². The third kappa shape index (κ3) is 5.54. The van der Waals surface area contributed by atoms with Gasteiger partial charge in [0.1, 0.15) is 22.6 Å². The number of carbonyl (C=O) groups excluding carboxylic acids is 1. The lowest BCUT2D eigenvalue weighted by Crippen LogP contribution is -2.17. The number of esters is 1. The van der Waals surface area contributed by atoms with Gasteiger partial charge in [-0.25, -0.2) is 19.7 Å². The Morgan fingerprint density at radius 2 is 1.88 bits per heavy atom. The van der Waals surface area contributed by atoms with E-state index in [1.165, 1.54) is 19.5 Å². The Hall–Kier alpha value is -3.76. The zero-order valence-electron chi connectivity index (χ0n) is 18.3. The summed E-state index contributed by atoms with van der Waals surface area (Å²) in [5, 5.41) is 2.83. The third-order valence-electron chi connectivity index (χ3n) is 4.52. The lowest BCUT2D eigenvalue weighted by Gasteiger charge is -2.16. The molecule has 9 nitrogen and oxygen atoms in total. The van der Waals surface area contributed by atoms with Crippen LogP contribution in [-0.4, -0.2) is 52.8 Å². The number of benzene rings is 1. The summed E-state index contributed by atoms with van der Waals surface area (Å²) in [5.74, 6) is 0.765. The highest BCUT2D eigenvalue weighted by Crippen LogP contribution is 2.33. The van der Waals surface area contributed by atoms with Gasteiger partial charge in [0, 0.05) is 36.0 Å². The summed E-state index contributed by atoms with van der Waals surface area (Å²) in [6.45, 7) is 2.36. The molecule has 0 radical (unpaired) electrons. The molecular weight excluding hydrogens is 444 g/mol. The molecule has 4 rings (SSSR count). The molecule has 0 aliphatic rings. The highest BCUT2D eigenvalue weighted by molar-refractivity contribution is 7.13. The molecule has 0 saturated carbocycles. The lowest BCUT2D eigenvalue weighted by atomic mass is 10.1. The summed E-state index contributed by atoms with van der Waals surface area (Å²) in [6.07, 6.45) is 4.27. The third-order valence-corrected chi connectivity index (χ3v) is 5.33. The number of H-pyrrole nitrogens is 1. The number of carbonyl (C=O) groups is 1. The SMILES string of the molecule is COCC(C)Oc1cc(Oc2cnc(C(=O)OC)cn2)cc(-c2ccc(-c3nccs3)[nH]2)c1. The summed E-state index contributed by atoms with van der Waals surface area (Å²) < 4.78 is 21.7. The number of nitrogens with zero attached hydrogens (tertiary/aromatic N) is 3. The van der Waals surface area contributed by atoms with Crippen molar-refractivity contribution in [3.05, 3.63) is 60.0 Å². The molecule has 0 amide bonds. The molecule has 10 heteroatoms. The van der Waals surface area contributed by atoms with E-state index in [-0.39, 0.29) is 17.7 Å². The van der Waals surface area contributed by atoms with E-state index in [0.717, 1.165) is 22.0 Å². The van der Waals surface area contributed by atoms with Crippen molar-refractivity contribution >= 4 is 17.3 Å². The van der Waals surface area contributed by atoms with E-state index < -0.39 is 5.97 Å². The van der Waals surface area contributed by atoms with Crippen molar-refractivity contribution in [1.29, 1.82) is 0 Å². The highest BCUT2D eigenvalue weighted by Gasteiger charge is 2.13. The largest absolute Gasteiger partial charge is 0.488 e. The van der Waals surface area contributed by atoms with Crippen LogP contribution in [-0.2, 0) is 9.47 Å². The molecule has 0 aliphatic carbocycles. The molecule has 33 heavy (non-hydrogen) atoms. The Morgan fingerprint density at radius 1 is 1.06 bits per heavy atom. The summed E-state index contributed by atoms with van der Waals surface area (Å²) >= 11 is 1.56. The zero-order chi connectivity index (χ0) is 23.2. The summed E-state index contributed by atoms with van der Waals surface area (Å²) in [6, 6.07) is 9.50. The first-order valence-corrected chi connectivity index (χ1v) is 10.9. The van der Waals surface area contributed by atoms with Gasteiger partial charge in [0.15, 0.2) is 5.69 Å². The molecule has 1 N–H and O–H groups in total.